The molecule has 0 saturated heterocycles. The van der Waals surface area contributed by atoms with E-state index in [-0.39, 0.29) is 0 Å². The van der Waals surface area contributed by atoms with Gasteiger partial charge in [-0.1, -0.05) is 33.1 Å². The number of hydrogen-bond acceptors (Lipinski definition) is 3. The standard InChI is InChI=1S/C10H20N4/c1-3-5-6-7-8-10-11-13-14(12-10)9-4-2/h3-9H2,1-2H3. The molecule has 0 radical (unpaired) electrons. The zero-order chi connectivity index (χ0) is 10.2. The first kappa shape index (κ1) is 11.1. The summed E-state index contributed by atoms with van der Waals surface area (Å²) >= 11 is 0. The molecule has 0 atom stereocenters. The molecule has 1 rings (SSSR count). The van der Waals surface area contributed by atoms with E-state index in [0.717, 1.165) is 25.2 Å². The van der Waals surface area contributed by atoms with E-state index >= 15 is 0 Å². The lowest BCUT2D eigenvalue weighted by Gasteiger charge is -1.94. The molecule has 0 aliphatic rings. The first-order valence-corrected chi connectivity index (χ1v) is 5.63. The Bertz CT molecular complexity index is 244. The third-order valence-corrected chi connectivity index (χ3v) is 2.17. The SMILES string of the molecule is CCCCCCc1nnn(CCC)n1. The van der Waals surface area contributed by atoms with E-state index in [1.165, 1.54) is 25.7 Å². The monoisotopic (exact) mass is 196 g/mol. The highest BCUT2D eigenvalue weighted by Gasteiger charge is 2.00. The minimum absolute atomic E-state index is 0.877. The van der Waals surface area contributed by atoms with Gasteiger partial charge in [0, 0.05) is 6.42 Å². The molecular weight excluding hydrogens is 176 g/mol. The molecule has 0 unspecified atom stereocenters. The van der Waals surface area contributed by atoms with E-state index in [0.29, 0.717) is 0 Å². The lowest BCUT2D eigenvalue weighted by molar-refractivity contribution is 0.512. The van der Waals surface area contributed by atoms with Crippen molar-refractivity contribution in [3.05, 3.63) is 5.82 Å². The molecule has 0 aliphatic heterocycles. The van der Waals surface area contributed by atoms with Crippen LogP contribution >= 0.6 is 0 Å². The number of nitrogens with zero attached hydrogens (tertiary/aromatic N) is 4. The van der Waals surface area contributed by atoms with Gasteiger partial charge in [-0.15, -0.1) is 10.2 Å². The molecule has 4 nitrogen and oxygen atoms in total. The fourth-order valence-electron chi connectivity index (χ4n) is 1.38. The quantitative estimate of drug-likeness (QED) is 0.628. The molecule has 0 bridgehead atoms. The van der Waals surface area contributed by atoms with Gasteiger partial charge >= 0.3 is 0 Å². The van der Waals surface area contributed by atoms with E-state index in [9.17, 15) is 0 Å². The molecule has 14 heavy (non-hydrogen) atoms. The minimum atomic E-state index is 0.877. The van der Waals surface area contributed by atoms with Gasteiger partial charge in [-0.05, 0) is 18.1 Å². The molecule has 1 aromatic rings. The highest BCUT2D eigenvalue weighted by atomic mass is 15.6. The van der Waals surface area contributed by atoms with Gasteiger partial charge < -0.3 is 0 Å². The highest BCUT2D eigenvalue weighted by Crippen LogP contribution is 2.02. The average Bonchev–Trinajstić information content (AvgIpc) is 2.61. The van der Waals surface area contributed by atoms with E-state index < -0.39 is 0 Å². The summed E-state index contributed by atoms with van der Waals surface area (Å²) in [6.45, 7) is 5.21. The number of unbranched alkanes of at least 4 members (excludes halogenated alkanes) is 3. The first-order valence-electron chi connectivity index (χ1n) is 5.63. The Kier molecular flexibility index (Phi) is 5.19. The Morgan fingerprint density at radius 3 is 2.64 bits per heavy atom. The largest absolute Gasteiger partial charge is 0.174 e. The van der Waals surface area contributed by atoms with Gasteiger partial charge in [0.25, 0.3) is 0 Å². The summed E-state index contributed by atoms with van der Waals surface area (Å²) in [5, 5.41) is 12.3. The van der Waals surface area contributed by atoms with E-state index in [4.69, 9.17) is 0 Å². The van der Waals surface area contributed by atoms with Gasteiger partial charge in [0.1, 0.15) is 0 Å². The van der Waals surface area contributed by atoms with Crippen molar-refractivity contribution in [3.8, 4) is 0 Å². The van der Waals surface area contributed by atoms with Crippen molar-refractivity contribution in [2.24, 2.45) is 0 Å². The molecule has 0 aromatic carbocycles. The van der Waals surface area contributed by atoms with Crippen molar-refractivity contribution in [3.63, 3.8) is 0 Å². The molecule has 0 spiro atoms. The fraction of sp³-hybridized carbons (Fsp3) is 0.900. The molecule has 0 saturated carbocycles. The normalized spacial score (nSPS) is 10.7. The van der Waals surface area contributed by atoms with Gasteiger partial charge in [-0.2, -0.15) is 4.80 Å². The predicted molar refractivity (Wildman–Crippen MR) is 56.0 cm³/mol. The van der Waals surface area contributed by atoms with Crippen molar-refractivity contribution >= 4 is 0 Å². The second-order valence-corrected chi connectivity index (χ2v) is 3.61. The maximum absolute atomic E-state index is 4.29. The average molecular weight is 196 g/mol. The van der Waals surface area contributed by atoms with E-state index in [1.807, 2.05) is 0 Å². The third kappa shape index (κ3) is 3.85. The van der Waals surface area contributed by atoms with Gasteiger partial charge in [0.15, 0.2) is 5.82 Å². The summed E-state index contributed by atoms with van der Waals surface area (Å²) in [5.74, 6) is 0.898. The van der Waals surface area contributed by atoms with Gasteiger partial charge in [-0.3, -0.25) is 0 Å². The Morgan fingerprint density at radius 2 is 1.93 bits per heavy atom. The lowest BCUT2D eigenvalue weighted by atomic mass is 10.1. The highest BCUT2D eigenvalue weighted by molar-refractivity contribution is 4.76. The van der Waals surface area contributed by atoms with Crippen LogP contribution in [0.5, 0.6) is 0 Å². The number of tetrazole rings is 1. The van der Waals surface area contributed by atoms with Crippen molar-refractivity contribution < 1.29 is 0 Å². The van der Waals surface area contributed by atoms with Crippen molar-refractivity contribution in [2.75, 3.05) is 0 Å². The predicted octanol–water partition coefficient (Wildman–Crippen LogP) is 2.21. The molecule has 0 fully saturated rings. The van der Waals surface area contributed by atoms with Gasteiger partial charge in [0.05, 0.1) is 6.54 Å². The Morgan fingerprint density at radius 1 is 1.07 bits per heavy atom. The Labute approximate surface area is 85.7 Å². The van der Waals surface area contributed by atoms with Crippen LogP contribution in [0, 0.1) is 0 Å². The molecule has 80 valence electrons. The summed E-state index contributed by atoms with van der Waals surface area (Å²) in [6, 6.07) is 0. The summed E-state index contributed by atoms with van der Waals surface area (Å²) in [4.78, 5) is 1.69. The van der Waals surface area contributed by atoms with Crippen LogP contribution in [-0.4, -0.2) is 20.2 Å². The van der Waals surface area contributed by atoms with Crippen LogP contribution < -0.4 is 0 Å². The second-order valence-electron chi connectivity index (χ2n) is 3.61. The topological polar surface area (TPSA) is 43.6 Å². The summed E-state index contributed by atoms with van der Waals surface area (Å²) in [6.07, 6.45) is 7.08. The van der Waals surface area contributed by atoms with Crippen LogP contribution in [0.1, 0.15) is 51.8 Å². The molecule has 1 heterocycles. The van der Waals surface area contributed by atoms with Crippen molar-refractivity contribution in [1.82, 2.24) is 20.2 Å². The van der Waals surface area contributed by atoms with Gasteiger partial charge in [-0.25, -0.2) is 0 Å². The van der Waals surface area contributed by atoms with E-state index in [1.54, 1.807) is 4.80 Å². The summed E-state index contributed by atoms with van der Waals surface area (Å²) in [5.41, 5.74) is 0. The first-order chi connectivity index (χ1) is 6.86. The van der Waals surface area contributed by atoms with Crippen LogP contribution in [0.25, 0.3) is 0 Å². The van der Waals surface area contributed by atoms with Crippen molar-refractivity contribution in [1.29, 1.82) is 0 Å². The van der Waals surface area contributed by atoms with Gasteiger partial charge in [0.2, 0.25) is 0 Å². The molecule has 4 heteroatoms. The lowest BCUT2D eigenvalue weighted by Crippen LogP contribution is -2.01. The Hall–Kier alpha value is -0.930. The maximum Gasteiger partial charge on any atom is 0.174 e. The van der Waals surface area contributed by atoms with Crippen LogP contribution in [0.15, 0.2) is 0 Å². The summed E-state index contributed by atoms with van der Waals surface area (Å²) < 4.78 is 0. The smallest absolute Gasteiger partial charge is 0.164 e. The zero-order valence-corrected chi connectivity index (χ0v) is 9.24. The fourth-order valence-corrected chi connectivity index (χ4v) is 1.38. The molecule has 0 N–H and O–H groups in total. The zero-order valence-electron chi connectivity index (χ0n) is 9.24. The second kappa shape index (κ2) is 6.51. The van der Waals surface area contributed by atoms with Crippen LogP contribution in [0.2, 0.25) is 0 Å². The Balaban J connectivity index is 2.22. The molecular formula is C10H20N4. The van der Waals surface area contributed by atoms with Crippen LogP contribution in [0.3, 0.4) is 0 Å². The van der Waals surface area contributed by atoms with E-state index in [2.05, 4.69) is 29.3 Å². The molecule has 1 aromatic heterocycles. The molecule has 0 amide bonds. The third-order valence-electron chi connectivity index (χ3n) is 2.17. The minimum Gasteiger partial charge on any atom is -0.164 e. The molecule has 0 aliphatic carbocycles. The number of aromatic nitrogens is 4. The summed E-state index contributed by atoms with van der Waals surface area (Å²) in [7, 11) is 0. The maximum atomic E-state index is 4.29. The number of hydrogen-bond donors (Lipinski definition) is 0. The van der Waals surface area contributed by atoms with Crippen LogP contribution in [0.4, 0.5) is 0 Å². The van der Waals surface area contributed by atoms with Crippen LogP contribution in [-0.2, 0) is 13.0 Å². The van der Waals surface area contributed by atoms with Crippen molar-refractivity contribution in [2.45, 2.75) is 58.9 Å². The number of aryl methyl sites for hydroxylation is 2. The number of rotatable bonds is 7.